The first-order valence-corrected chi connectivity index (χ1v) is 8.38. The van der Waals surface area contributed by atoms with E-state index in [-0.39, 0.29) is 11.3 Å². The smallest absolute Gasteiger partial charge is 0.272 e. The number of benzene rings is 2. The fourth-order valence-corrected chi connectivity index (χ4v) is 2.59. The molecule has 3 aromatic rings. The predicted molar refractivity (Wildman–Crippen MR) is 98.1 cm³/mol. The van der Waals surface area contributed by atoms with Crippen molar-refractivity contribution in [2.75, 3.05) is 0 Å². The van der Waals surface area contributed by atoms with Crippen LogP contribution in [0.4, 0.5) is 0 Å². The van der Waals surface area contributed by atoms with Gasteiger partial charge in [-0.2, -0.15) is 5.10 Å². The molecule has 2 aromatic carbocycles. The predicted octanol–water partition coefficient (Wildman–Crippen LogP) is 3.57. The molecule has 1 heterocycles. The zero-order chi connectivity index (χ0) is 17.8. The Hall–Kier alpha value is -2.64. The van der Waals surface area contributed by atoms with Crippen molar-refractivity contribution in [1.82, 2.24) is 21.0 Å². The number of halogens is 2. The number of hydrogen-bond acceptors (Lipinski definition) is 3. The number of amides is 2. The molecule has 3 rings (SSSR count). The summed E-state index contributed by atoms with van der Waals surface area (Å²) in [5, 5.41) is 7.04. The van der Waals surface area contributed by atoms with Crippen LogP contribution in [0.1, 0.15) is 20.8 Å². The highest BCUT2D eigenvalue weighted by Gasteiger charge is 2.14. The summed E-state index contributed by atoms with van der Waals surface area (Å²) in [6.45, 7) is 0. The van der Waals surface area contributed by atoms with Crippen LogP contribution >= 0.6 is 27.5 Å². The zero-order valence-corrected chi connectivity index (χ0v) is 15.1. The van der Waals surface area contributed by atoms with Gasteiger partial charge in [-0.15, -0.1) is 0 Å². The minimum Gasteiger partial charge on any atom is -0.272 e. The van der Waals surface area contributed by atoms with E-state index in [0.717, 1.165) is 10.0 Å². The second-order valence-electron chi connectivity index (χ2n) is 5.06. The molecule has 8 heteroatoms. The lowest BCUT2D eigenvalue weighted by Crippen LogP contribution is -2.41. The lowest BCUT2D eigenvalue weighted by atomic mass is 10.1. The Labute approximate surface area is 156 Å². The molecule has 0 aliphatic carbocycles. The third-order valence-corrected chi connectivity index (χ3v) is 4.23. The molecular formula is C17H12BrClN4O2. The summed E-state index contributed by atoms with van der Waals surface area (Å²) < 4.78 is 0.951. The molecule has 0 atom stereocenters. The second-order valence-corrected chi connectivity index (χ2v) is 6.38. The summed E-state index contributed by atoms with van der Waals surface area (Å²) in [6, 6.07) is 15.7. The molecule has 3 N–H and O–H groups in total. The van der Waals surface area contributed by atoms with Crippen LogP contribution in [-0.2, 0) is 0 Å². The number of carbonyl (C=O) groups is 2. The molecule has 0 saturated carbocycles. The highest BCUT2D eigenvalue weighted by Crippen LogP contribution is 2.20. The van der Waals surface area contributed by atoms with Crippen molar-refractivity contribution in [3.63, 3.8) is 0 Å². The van der Waals surface area contributed by atoms with Gasteiger partial charge >= 0.3 is 0 Å². The summed E-state index contributed by atoms with van der Waals surface area (Å²) in [7, 11) is 0. The molecule has 0 fully saturated rings. The molecule has 0 unspecified atom stereocenters. The highest BCUT2D eigenvalue weighted by atomic mass is 79.9. The van der Waals surface area contributed by atoms with Gasteiger partial charge < -0.3 is 0 Å². The lowest BCUT2D eigenvalue weighted by Gasteiger charge is -2.07. The van der Waals surface area contributed by atoms with E-state index in [0.29, 0.717) is 10.7 Å². The summed E-state index contributed by atoms with van der Waals surface area (Å²) in [5.74, 6) is -1.03. The van der Waals surface area contributed by atoms with Crippen LogP contribution in [0.2, 0.25) is 5.02 Å². The first kappa shape index (κ1) is 17.2. The van der Waals surface area contributed by atoms with E-state index in [1.807, 2.05) is 24.3 Å². The van der Waals surface area contributed by atoms with E-state index in [2.05, 4.69) is 37.0 Å². The molecule has 0 spiro atoms. The van der Waals surface area contributed by atoms with E-state index in [1.54, 1.807) is 30.3 Å². The van der Waals surface area contributed by atoms with Gasteiger partial charge in [-0.25, -0.2) is 0 Å². The monoisotopic (exact) mass is 418 g/mol. The van der Waals surface area contributed by atoms with E-state index in [9.17, 15) is 9.59 Å². The lowest BCUT2D eigenvalue weighted by molar-refractivity contribution is 0.0844. The maximum absolute atomic E-state index is 12.1. The van der Waals surface area contributed by atoms with Gasteiger partial charge in [-0.3, -0.25) is 25.5 Å². The van der Waals surface area contributed by atoms with Crippen molar-refractivity contribution in [2.45, 2.75) is 0 Å². The number of rotatable bonds is 3. The Bertz CT molecular complexity index is 924. The topological polar surface area (TPSA) is 86.9 Å². The average Bonchev–Trinajstić information content (AvgIpc) is 3.10. The molecule has 0 aliphatic heterocycles. The third-order valence-electron chi connectivity index (χ3n) is 3.37. The zero-order valence-electron chi connectivity index (χ0n) is 12.7. The summed E-state index contributed by atoms with van der Waals surface area (Å²) >= 11 is 9.30. The average molecular weight is 420 g/mol. The van der Waals surface area contributed by atoms with Crippen LogP contribution in [0, 0.1) is 0 Å². The number of nitrogens with one attached hydrogen (secondary N) is 3. The number of aromatic amines is 1. The fourth-order valence-electron chi connectivity index (χ4n) is 2.10. The molecule has 2 amide bonds. The van der Waals surface area contributed by atoms with Gasteiger partial charge in [0.05, 0.1) is 16.3 Å². The molecule has 0 saturated heterocycles. The molecule has 6 nitrogen and oxygen atoms in total. The van der Waals surface area contributed by atoms with E-state index in [4.69, 9.17) is 11.6 Å². The van der Waals surface area contributed by atoms with E-state index < -0.39 is 11.8 Å². The summed E-state index contributed by atoms with van der Waals surface area (Å²) in [6.07, 6.45) is 0. The van der Waals surface area contributed by atoms with Gasteiger partial charge in [-0.05, 0) is 30.3 Å². The summed E-state index contributed by atoms with van der Waals surface area (Å²) in [4.78, 5) is 24.1. The number of H-pyrrole nitrogens is 1. The Morgan fingerprint density at radius 3 is 2.40 bits per heavy atom. The fraction of sp³-hybridized carbons (Fsp3) is 0. The minimum atomic E-state index is -0.517. The number of carbonyl (C=O) groups excluding carboxylic acids is 2. The maximum Gasteiger partial charge on any atom is 0.287 e. The van der Waals surface area contributed by atoms with Gasteiger partial charge in [-0.1, -0.05) is 51.8 Å². The number of hydrogen-bond donors (Lipinski definition) is 3. The van der Waals surface area contributed by atoms with Crippen molar-refractivity contribution in [2.24, 2.45) is 0 Å². The SMILES string of the molecule is O=C(NNC(=O)c1ccccc1Cl)c1cc(-c2ccc(Br)cc2)n[nH]1. The maximum atomic E-state index is 12.1. The van der Waals surface area contributed by atoms with Crippen molar-refractivity contribution < 1.29 is 9.59 Å². The quantitative estimate of drug-likeness (QED) is 0.567. The number of hydrazine groups is 1. The van der Waals surface area contributed by atoms with Crippen LogP contribution < -0.4 is 10.9 Å². The van der Waals surface area contributed by atoms with Gasteiger partial charge in [0.2, 0.25) is 0 Å². The molecule has 0 aliphatic rings. The second kappa shape index (κ2) is 7.50. The van der Waals surface area contributed by atoms with Crippen molar-refractivity contribution in [3.05, 3.63) is 75.4 Å². The normalized spacial score (nSPS) is 10.3. The van der Waals surface area contributed by atoms with E-state index >= 15 is 0 Å². The van der Waals surface area contributed by atoms with Crippen LogP contribution in [-0.4, -0.2) is 22.0 Å². The van der Waals surface area contributed by atoms with Gasteiger partial charge in [0.15, 0.2) is 0 Å². The molecule has 126 valence electrons. The first-order valence-electron chi connectivity index (χ1n) is 7.21. The van der Waals surface area contributed by atoms with Crippen molar-refractivity contribution in [3.8, 4) is 11.3 Å². The third kappa shape index (κ3) is 4.07. The molecule has 0 radical (unpaired) electrons. The van der Waals surface area contributed by atoms with E-state index in [1.165, 1.54) is 0 Å². The van der Waals surface area contributed by atoms with Crippen LogP contribution in [0.25, 0.3) is 11.3 Å². The largest absolute Gasteiger partial charge is 0.287 e. The van der Waals surface area contributed by atoms with Gasteiger partial charge in [0.1, 0.15) is 5.69 Å². The molecule has 1 aromatic heterocycles. The summed E-state index contributed by atoms with van der Waals surface area (Å²) in [5.41, 5.74) is 6.61. The Kier molecular flexibility index (Phi) is 5.16. The Morgan fingerprint density at radius 2 is 1.68 bits per heavy atom. The highest BCUT2D eigenvalue weighted by molar-refractivity contribution is 9.10. The standard InChI is InChI=1S/C17H12BrClN4O2/c18-11-7-5-10(6-8-11)14-9-15(21-20-14)17(25)23-22-16(24)12-3-1-2-4-13(12)19/h1-9H,(H,20,21)(H,22,24)(H,23,25). The Balaban J connectivity index is 1.65. The molecule has 25 heavy (non-hydrogen) atoms. The van der Waals surface area contributed by atoms with Crippen molar-refractivity contribution in [1.29, 1.82) is 0 Å². The number of nitrogens with zero attached hydrogens (tertiary/aromatic N) is 1. The van der Waals surface area contributed by atoms with Crippen LogP contribution in [0.15, 0.2) is 59.1 Å². The Morgan fingerprint density at radius 1 is 1.00 bits per heavy atom. The van der Waals surface area contributed by atoms with Crippen molar-refractivity contribution >= 4 is 39.3 Å². The first-order chi connectivity index (χ1) is 12.0. The van der Waals surface area contributed by atoms with Gasteiger partial charge in [0, 0.05) is 10.0 Å². The molecule has 0 bridgehead atoms. The van der Waals surface area contributed by atoms with Crippen LogP contribution in [0.5, 0.6) is 0 Å². The van der Waals surface area contributed by atoms with Gasteiger partial charge in [0.25, 0.3) is 11.8 Å². The molecular weight excluding hydrogens is 408 g/mol. The van der Waals surface area contributed by atoms with Crippen LogP contribution in [0.3, 0.4) is 0 Å². The minimum absolute atomic E-state index is 0.220. The number of aromatic nitrogens is 2.